The molecule has 3 N–H and O–H groups in total. The molecule has 0 spiro atoms. The number of aromatic hydroxyl groups is 1. The molecule has 0 aliphatic rings. The van der Waals surface area contributed by atoms with E-state index < -0.39 is 0 Å². The van der Waals surface area contributed by atoms with E-state index in [1.807, 2.05) is 17.7 Å². The second-order valence-electron chi connectivity index (χ2n) is 4.13. The Kier molecular flexibility index (Phi) is 2.49. The second kappa shape index (κ2) is 4.16. The van der Waals surface area contributed by atoms with Crippen molar-refractivity contribution in [3.05, 3.63) is 36.8 Å². The van der Waals surface area contributed by atoms with E-state index in [2.05, 4.69) is 9.97 Å². The molecule has 96 valence electrons. The minimum Gasteiger partial charge on any atom is -0.506 e. The lowest BCUT2D eigenvalue weighted by Gasteiger charge is -2.08. The molecular weight excluding hydrogens is 244 g/mol. The molecule has 0 atom stereocenters. The quantitative estimate of drug-likeness (QED) is 0.541. The highest BCUT2D eigenvalue weighted by atomic mass is 16.5. The summed E-state index contributed by atoms with van der Waals surface area (Å²) in [6.07, 6.45) is 3.32. The summed E-state index contributed by atoms with van der Waals surface area (Å²) in [6.45, 7) is 0. The van der Waals surface area contributed by atoms with Crippen molar-refractivity contribution in [1.29, 1.82) is 0 Å². The lowest BCUT2D eigenvalue weighted by atomic mass is 10.3. The highest BCUT2D eigenvalue weighted by Crippen LogP contribution is 2.34. The van der Waals surface area contributed by atoms with E-state index in [0.717, 1.165) is 5.52 Å². The Morgan fingerprint density at radius 1 is 1.26 bits per heavy atom. The summed E-state index contributed by atoms with van der Waals surface area (Å²) in [6, 6.07) is 6.66. The zero-order valence-corrected chi connectivity index (χ0v) is 10.2. The number of nitrogens with two attached hydrogens (primary N) is 1. The molecule has 0 saturated heterocycles. The molecule has 0 fully saturated rings. The van der Waals surface area contributed by atoms with E-state index >= 15 is 0 Å². The Hall–Kier alpha value is -2.76. The molecule has 0 saturated carbocycles. The number of pyridine rings is 1. The van der Waals surface area contributed by atoms with Crippen LogP contribution < -0.4 is 10.5 Å². The number of phenolic OH excluding ortho intramolecular Hbond substituents is 1. The van der Waals surface area contributed by atoms with Crippen LogP contribution in [0.25, 0.3) is 11.0 Å². The first kappa shape index (κ1) is 11.3. The number of anilines is 1. The lowest BCUT2D eigenvalue weighted by Crippen LogP contribution is -1.95. The molecule has 0 amide bonds. The van der Waals surface area contributed by atoms with Gasteiger partial charge in [0.2, 0.25) is 5.88 Å². The van der Waals surface area contributed by atoms with E-state index in [1.54, 1.807) is 24.7 Å². The molecule has 0 unspecified atom stereocenters. The Balaban J connectivity index is 2.08. The van der Waals surface area contributed by atoms with Gasteiger partial charge in [-0.3, -0.25) is 0 Å². The molecule has 6 nitrogen and oxygen atoms in total. The number of para-hydroxylation sites is 1. The average Bonchev–Trinajstić information content (AvgIpc) is 2.78. The summed E-state index contributed by atoms with van der Waals surface area (Å²) in [5.74, 6) is 0.687. The third-order valence-corrected chi connectivity index (χ3v) is 2.86. The molecule has 19 heavy (non-hydrogen) atoms. The van der Waals surface area contributed by atoms with Gasteiger partial charge in [0, 0.05) is 13.2 Å². The number of rotatable bonds is 2. The lowest BCUT2D eigenvalue weighted by molar-refractivity contribution is 0.453. The largest absolute Gasteiger partial charge is 0.506 e. The Morgan fingerprint density at radius 2 is 2.11 bits per heavy atom. The number of ether oxygens (including phenoxy) is 1. The van der Waals surface area contributed by atoms with Crippen LogP contribution in [0, 0.1) is 0 Å². The van der Waals surface area contributed by atoms with Gasteiger partial charge in [-0.2, -0.15) is 0 Å². The van der Waals surface area contributed by atoms with Crippen molar-refractivity contribution >= 4 is 16.7 Å². The number of benzene rings is 1. The zero-order valence-electron chi connectivity index (χ0n) is 10.2. The molecule has 2 heterocycles. The fourth-order valence-corrected chi connectivity index (χ4v) is 1.84. The van der Waals surface area contributed by atoms with Crippen LogP contribution in [0.1, 0.15) is 0 Å². The number of nitrogen functional groups attached to an aromatic ring is 1. The first-order chi connectivity index (χ1) is 9.16. The highest BCUT2D eigenvalue weighted by Gasteiger charge is 2.12. The molecule has 3 rings (SSSR count). The van der Waals surface area contributed by atoms with Crippen molar-refractivity contribution < 1.29 is 9.84 Å². The van der Waals surface area contributed by atoms with E-state index in [0.29, 0.717) is 17.1 Å². The van der Waals surface area contributed by atoms with Crippen molar-refractivity contribution in [3.63, 3.8) is 0 Å². The Morgan fingerprint density at radius 3 is 2.95 bits per heavy atom. The van der Waals surface area contributed by atoms with Crippen molar-refractivity contribution in [2.75, 3.05) is 5.73 Å². The van der Waals surface area contributed by atoms with Crippen LogP contribution in [0.4, 0.5) is 5.69 Å². The van der Waals surface area contributed by atoms with Crippen LogP contribution >= 0.6 is 0 Å². The number of nitrogens with zero attached hydrogens (tertiary/aromatic N) is 3. The fourth-order valence-electron chi connectivity index (χ4n) is 1.84. The smallest absolute Gasteiger partial charge is 0.247 e. The standard InChI is InChI=1S/C13H12N4O2/c1-17-7-16-12-8(17)5-6-15-13(12)19-10-4-2-3-9(18)11(10)14/h2-7,18H,14H2,1H3. The number of hydrogen-bond acceptors (Lipinski definition) is 5. The minimum absolute atomic E-state index is 0.0225. The first-order valence-electron chi connectivity index (χ1n) is 5.68. The van der Waals surface area contributed by atoms with Gasteiger partial charge >= 0.3 is 0 Å². The van der Waals surface area contributed by atoms with Crippen molar-refractivity contribution in [3.8, 4) is 17.4 Å². The Bertz CT molecular complexity index is 751. The van der Waals surface area contributed by atoms with Crippen LogP contribution in [0.3, 0.4) is 0 Å². The molecule has 0 bridgehead atoms. The van der Waals surface area contributed by atoms with E-state index in [9.17, 15) is 5.11 Å². The van der Waals surface area contributed by atoms with E-state index in [-0.39, 0.29) is 11.4 Å². The van der Waals surface area contributed by atoms with Crippen LogP contribution in [-0.4, -0.2) is 19.6 Å². The molecular formula is C13H12N4O2. The Labute approximate surface area is 109 Å². The van der Waals surface area contributed by atoms with Crippen LogP contribution in [0.15, 0.2) is 36.8 Å². The maximum Gasteiger partial charge on any atom is 0.247 e. The van der Waals surface area contributed by atoms with Crippen LogP contribution in [0.5, 0.6) is 17.4 Å². The van der Waals surface area contributed by atoms with Crippen LogP contribution in [0.2, 0.25) is 0 Å². The summed E-state index contributed by atoms with van der Waals surface area (Å²) in [5.41, 5.74) is 7.48. The predicted octanol–water partition coefficient (Wildman–Crippen LogP) is 2.05. The maximum absolute atomic E-state index is 9.55. The summed E-state index contributed by atoms with van der Waals surface area (Å²) in [5, 5.41) is 9.55. The number of hydrogen-bond donors (Lipinski definition) is 2. The first-order valence-corrected chi connectivity index (χ1v) is 5.68. The summed E-state index contributed by atoms with van der Waals surface area (Å²) in [7, 11) is 1.89. The normalized spacial score (nSPS) is 10.8. The number of aromatic nitrogens is 3. The molecule has 1 aromatic carbocycles. The van der Waals surface area contributed by atoms with Gasteiger partial charge in [0.05, 0.1) is 11.8 Å². The summed E-state index contributed by atoms with van der Waals surface area (Å²) >= 11 is 0. The van der Waals surface area contributed by atoms with E-state index in [1.165, 1.54) is 6.07 Å². The molecule has 2 aromatic heterocycles. The number of imidazole rings is 1. The van der Waals surface area contributed by atoms with Gasteiger partial charge in [0.1, 0.15) is 11.4 Å². The summed E-state index contributed by atoms with van der Waals surface area (Å²) < 4.78 is 7.52. The molecule has 0 radical (unpaired) electrons. The maximum atomic E-state index is 9.55. The summed E-state index contributed by atoms with van der Waals surface area (Å²) in [4.78, 5) is 8.39. The predicted molar refractivity (Wildman–Crippen MR) is 71.1 cm³/mol. The number of phenols is 1. The number of aryl methyl sites for hydroxylation is 1. The van der Waals surface area contributed by atoms with Crippen molar-refractivity contribution in [2.45, 2.75) is 0 Å². The van der Waals surface area contributed by atoms with Gasteiger partial charge in [-0.1, -0.05) is 6.07 Å². The average molecular weight is 256 g/mol. The monoisotopic (exact) mass is 256 g/mol. The van der Waals surface area contributed by atoms with Crippen LogP contribution in [-0.2, 0) is 7.05 Å². The molecule has 6 heteroatoms. The fraction of sp³-hybridized carbons (Fsp3) is 0.0769. The van der Waals surface area contributed by atoms with Crippen molar-refractivity contribution in [2.24, 2.45) is 7.05 Å². The molecule has 3 aromatic rings. The van der Waals surface area contributed by atoms with Gasteiger partial charge < -0.3 is 20.1 Å². The van der Waals surface area contributed by atoms with Gasteiger partial charge in [-0.25, -0.2) is 9.97 Å². The van der Waals surface area contributed by atoms with Gasteiger partial charge in [-0.05, 0) is 18.2 Å². The highest BCUT2D eigenvalue weighted by molar-refractivity contribution is 5.80. The molecule has 0 aliphatic carbocycles. The van der Waals surface area contributed by atoms with Crippen molar-refractivity contribution in [1.82, 2.24) is 14.5 Å². The number of fused-ring (bicyclic) bond motifs is 1. The third kappa shape index (κ3) is 1.83. The third-order valence-electron chi connectivity index (χ3n) is 2.86. The van der Waals surface area contributed by atoms with Gasteiger partial charge in [0.15, 0.2) is 11.3 Å². The SMILES string of the molecule is Cn1cnc2c(Oc3cccc(O)c3N)nccc21. The topological polar surface area (TPSA) is 86.2 Å². The molecule has 0 aliphatic heterocycles. The van der Waals surface area contributed by atoms with Gasteiger partial charge in [-0.15, -0.1) is 0 Å². The second-order valence-corrected chi connectivity index (χ2v) is 4.13. The minimum atomic E-state index is -0.0225. The van der Waals surface area contributed by atoms with Gasteiger partial charge in [0.25, 0.3) is 0 Å². The zero-order chi connectivity index (χ0) is 13.4. The van der Waals surface area contributed by atoms with E-state index in [4.69, 9.17) is 10.5 Å².